The number of hydrogen-bond acceptors (Lipinski definition) is 6. The molecule has 1 aromatic carbocycles. The van der Waals surface area contributed by atoms with Crippen molar-refractivity contribution in [3.63, 3.8) is 0 Å². The van der Waals surface area contributed by atoms with E-state index in [1.165, 1.54) is 32.4 Å². The van der Waals surface area contributed by atoms with Crippen molar-refractivity contribution in [2.45, 2.75) is 38.8 Å². The van der Waals surface area contributed by atoms with E-state index in [1.54, 1.807) is 14.2 Å². The van der Waals surface area contributed by atoms with Gasteiger partial charge in [0, 0.05) is 37.8 Å². The Balaban J connectivity index is 1.49. The lowest BCUT2D eigenvalue weighted by atomic mass is 9.99. The summed E-state index contributed by atoms with van der Waals surface area (Å²) in [6, 6.07) is 6.46. The van der Waals surface area contributed by atoms with E-state index in [0.717, 1.165) is 36.7 Å². The number of benzene rings is 1. The van der Waals surface area contributed by atoms with Gasteiger partial charge in [0.1, 0.15) is 5.76 Å². The van der Waals surface area contributed by atoms with Crippen molar-refractivity contribution in [2.24, 2.45) is 0 Å². The molecule has 6 nitrogen and oxygen atoms in total. The molecule has 146 valence electrons. The number of nitrogens with zero attached hydrogens (tertiary/aromatic N) is 3. The molecule has 4 rings (SSSR count). The van der Waals surface area contributed by atoms with E-state index in [4.69, 9.17) is 18.9 Å². The fraction of sp³-hybridized carbons (Fsp3) is 0.571. The van der Waals surface area contributed by atoms with Crippen molar-refractivity contribution >= 4 is 0 Å². The third-order valence-corrected chi connectivity index (χ3v) is 5.82. The van der Waals surface area contributed by atoms with Gasteiger partial charge in [0.15, 0.2) is 11.5 Å². The summed E-state index contributed by atoms with van der Waals surface area (Å²) in [5.74, 6) is 2.92. The molecule has 0 amide bonds. The van der Waals surface area contributed by atoms with E-state index < -0.39 is 0 Å². The predicted molar refractivity (Wildman–Crippen MR) is 104 cm³/mol. The molecule has 27 heavy (non-hydrogen) atoms. The average molecular weight is 371 g/mol. The highest BCUT2D eigenvalue weighted by Gasteiger charge is 2.29. The van der Waals surface area contributed by atoms with Gasteiger partial charge >= 0.3 is 0 Å². The normalized spacial score (nSPS) is 21.1. The zero-order valence-corrected chi connectivity index (χ0v) is 16.5. The van der Waals surface area contributed by atoms with Crippen LogP contribution in [0.5, 0.6) is 11.5 Å². The maximum atomic E-state index is 5.98. The number of aryl methyl sites for hydroxylation is 1. The smallest absolute Gasteiger partial charge is 0.226 e. The number of piperidine rings is 1. The molecule has 0 aliphatic carbocycles. The first-order valence-corrected chi connectivity index (χ1v) is 9.83. The maximum Gasteiger partial charge on any atom is 0.226 e. The molecule has 2 fully saturated rings. The lowest BCUT2D eigenvalue weighted by Gasteiger charge is -2.43. The molecule has 0 radical (unpaired) electrons. The fourth-order valence-electron chi connectivity index (χ4n) is 4.24. The minimum absolute atomic E-state index is 0.639. The van der Waals surface area contributed by atoms with Gasteiger partial charge in [-0.2, -0.15) is 0 Å². The highest BCUT2D eigenvalue weighted by atomic mass is 16.5. The highest BCUT2D eigenvalue weighted by Crippen LogP contribution is 2.33. The highest BCUT2D eigenvalue weighted by molar-refractivity contribution is 5.60. The van der Waals surface area contributed by atoms with E-state index in [9.17, 15) is 0 Å². The number of fused-ring (bicyclic) bond motifs is 1. The molecular weight excluding hydrogens is 342 g/mol. The molecule has 2 saturated heterocycles. The maximum absolute atomic E-state index is 5.98. The standard InChI is InChI=1S/C21H29N3O3/c1-15-18(14-23-10-11-24-9-5-4-6-17(24)13-23)22-21(27-15)16-7-8-19(25-2)20(12-16)26-3/h7-8,12,17H,4-6,9-11,13-14H2,1-3H3/t17-/m1/s1. The quantitative estimate of drug-likeness (QED) is 0.804. The zero-order chi connectivity index (χ0) is 18.8. The summed E-state index contributed by atoms with van der Waals surface area (Å²) in [4.78, 5) is 9.97. The van der Waals surface area contributed by atoms with Crippen LogP contribution in [0.25, 0.3) is 11.5 Å². The van der Waals surface area contributed by atoms with Gasteiger partial charge in [0.25, 0.3) is 0 Å². The Morgan fingerprint density at radius 2 is 1.96 bits per heavy atom. The van der Waals surface area contributed by atoms with E-state index in [0.29, 0.717) is 23.4 Å². The number of oxazole rings is 1. The van der Waals surface area contributed by atoms with Crippen molar-refractivity contribution in [3.8, 4) is 23.0 Å². The van der Waals surface area contributed by atoms with Gasteiger partial charge in [-0.25, -0.2) is 4.98 Å². The Kier molecular flexibility index (Phi) is 5.36. The summed E-state index contributed by atoms with van der Waals surface area (Å²) in [7, 11) is 3.27. The lowest BCUT2D eigenvalue weighted by molar-refractivity contribution is 0.0450. The van der Waals surface area contributed by atoms with Crippen LogP contribution in [0, 0.1) is 6.92 Å². The van der Waals surface area contributed by atoms with Gasteiger partial charge in [-0.15, -0.1) is 0 Å². The molecule has 0 N–H and O–H groups in total. The largest absolute Gasteiger partial charge is 0.493 e. The Hall–Kier alpha value is -2.05. The summed E-state index contributed by atoms with van der Waals surface area (Å²) in [6.45, 7) is 7.54. The van der Waals surface area contributed by atoms with Crippen LogP contribution in [0.15, 0.2) is 22.6 Å². The summed E-state index contributed by atoms with van der Waals surface area (Å²) in [5, 5.41) is 0. The third-order valence-electron chi connectivity index (χ3n) is 5.82. The van der Waals surface area contributed by atoms with E-state index in [-0.39, 0.29) is 0 Å². The van der Waals surface area contributed by atoms with Crippen LogP contribution in [0.3, 0.4) is 0 Å². The number of hydrogen-bond donors (Lipinski definition) is 0. The van der Waals surface area contributed by atoms with Gasteiger partial charge in [-0.1, -0.05) is 6.42 Å². The molecule has 6 heteroatoms. The zero-order valence-electron chi connectivity index (χ0n) is 16.5. The van der Waals surface area contributed by atoms with Gasteiger partial charge in [-0.3, -0.25) is 9.80 Å². The average Bonchev–Trinajstić information content (AvgIpc) is 3.07. The summed E-state index contributed by atoms with van der Waals surface area (Å²) >= 11 is 0. The van der Waals surface area contributed by atoms with Gasteiger partial charge in [0.05, 0.1) is 19.9 Å². The van der Waals surface area contributed by atoms with Crippen molar-refractivity contribution < 1.29 is 13.9 Å². The third kappa shape index (κ3) is 3.82. The molecule has 2 aromatic rings. The molecule has 0 saturated carbocycles. The number of methoxy groups -OCH3 is 2. The second-order valence-electron chi connectivity index (χ2n) is 7.51. The number of rotatable bonds is 5. The molecular formula is C21H29N3O3. The van der Waals surface area contributed by atoms with Crippen molar-refractivity contribution in [1.29, 1.82) is 0 Å². The Morgan fingerprint density at radius 1 is 1.11 bits per heavy atom. The summed E-state index contributed by atoms with van der Waals surface area (Å²) in [5.41, 5.74) is 1.93. The molecule has 2 aliphatic rings. The van der Waals surface area contributed by atoms with E-state index in [2.05, 4.69) is 9.80 Å². The lowest BCUT2D eigenvalue weighted by Crippen LogP contribution is -2.54. The number of aromatic nitrogens is 1. The molecule has 0 unspecified atom stereocenters. The Morgan fingerprint density at radius 3 is 2.78 bits per heavy atom. The van der Waals surface area contributed by atoms with Gasteiger partial charge < -0.3 is 13.9 Å². The SMILES string of the molecule is COc1ccc(-c2nc(CN3CCN4CCCC[C@@H]4C3)c(C)o2)cc1OC. The summed E-state index contributed by atoms with van der Waals surface area (Å²) in [6.07, 6.45) is 4.04. The fourth-order valence-corrected chi connectivity index (χ4v) is 4.24. The van der Waals surface area contributed by atoms with E-state index >= 15 is 0 Å². The van der Waals surface area contributed by atoms with Gasteiger partial charge in [0.2, 0.25) is 5.89 Å². The monoisotopic (exact) mass is 371 g/mol. The first kappa shape index (κ1) is 18.3. The van der Waals surface area contributed by atoms with Crippen LogP contribution in [-0.2, 0) is 6.54 Å². The topological polar surface area (TPSA) is 51.0 Å². The molecule has 1 atom stereocenters. The molecule has 0 bridgehead atoms. The number of piperazine rings is 1. The van der Waals surface area contributed by atoms with Crippen LogP contribution in [-0.4, -0.2) is 61.2 Å². The van der Waals surface area contributed by atoms with Crippen LogP contribution >= 0.6 is 0 Å². The minimum atomic E-state index is 0.639. The minimum Gasteiger partial charge on any atom is -0.493 e. The van der Waals surface area contributed by atoms with Crippen molar-refractivity contribution in [1.82, 2.24) is 14.8 Å². The first-order chi connectivity index (χ1) is 13.2. The van der Waals surface area contributed by atoms with E-state index in [1.807, 2.05) is 25.1 Å². The molecule has 3 heterocycles. The second-order valence-corrected chi connectivity index (χ2v) is 7.51. The Labute approximate surface area is 161 Å². The Bertz CT molecular complexity index is 789. The van der Waals surface area contributed by atoms with Crippen molar-refractivity contribution in [3.05, 3.63) is 29.7 Å². The van der Waals surface area contributed by atoms with Crippen LogP contribution in [0.4, 0.5) is 0 Å². The molecule has 1 aromatic heterocycles. The van der Waals surface area contributed by atoms with Crippen LogP contribution in [0.2, 0.25) is 0 Å². The number of ether oxygens (including phenoxy) is 2. The first-order valence-electron chi connectivity index (χ1n) is 9.83. The second kappa shape index (κ2) is 7.90. The van der Waals surface area contributed by atoms with Gasteiger partial charge in [-0.05, 0) is 44.5 Å². The molecule has 0 spiro atoms. The predicted octanol–water partition coefficient (Wildman–Crippen LogP) is 3.34. The van der Waals surface area contributed by atoms with Crippen molar-refractivity contribution in [2.75, 3.05) is 40.4 Å². The molecule has 2 aliphatic heterocycles. The summed E-state index contributed by atoms with van der Waals surface area (Å²) < 4.78 is 16.7. The van der Waals surface area contributed by atoms with Crippen LogP contribution in [0.1, 0.15) is 30.7 Å². The van der Waals surface area contributed by atoms with Crippen LogP contribution < -0.4 is 9.47 Å².